The van der Waals surface area contributed by atoms with Crippen molar-refractivity contribution in [3.05, 3.63) is 41.2 Å². The molecule has 1 aromatic carbocycles. The number of ether oxygens (including phenoxy) is 1. The highest BCUT2D eigenvalue weighted by atomic mass is 19.3. The highest BCUT2D eigenvalue weighted by Gasteiger charge is 2.22. The lowest BCUT2D eigenvalue weighted by Gasteiger charge is -2.25. The van der Waals surface area contributed by atoms with Crippen LogP contribution in [0.2, 0.25) is 0 Å². The molecule has 1 aliphatic rings. The summed E-state index contributed by atoms with van der Waals surface area (Å²) in [5.74, 6) is 1.30. The summed E-state index contributed by atoms with van der Waals surface area (Å²) in [6, 6.07) is 3.89. The number of fused-ring (bicyclic) bond motifs is 1. The molecule has 0 fully saturated rings. The maximum atomic E-state index is 14.0. The normalized spacial score (nSPS) is 17.0. The Labute approximate surface area is 154 Å². The van der Waals surface area contributed by atoms with E-state index in [0.29, 0.717) is 12.5 Å². The Kier molecular flexibility index (Phi) is 5.82. The van der Waals surface area contributed by atoms with Gasteiger partial charge in [0.25, 0.3) is 0 Å². The number of hydrogen-bond acceptors (Lipinski definition) is 4. The Balaban J connectivity index is 1.62. The average molecular weight is 382 g/mol. The second-order valence-electron chi connectivity index (χ2n) is 6.16. The number of halogens is 3. The van der Waals surface area contributed by atoms with Gasteiger partial charge in [0.2, 0.25) is 0 Å². The Morgan fingerprint density at radius 1 is 1.44 bits per heavy atom. The van der Waals surface area contributed by atoms with Gasteiger partial charge in [-0.1, -0.05) is 6.07 Å². The van der Waals surface area contributed by atoms with Crippen LogP contribution in [0.1, 0.15) is 23.6 Å². The number of guanidine groups is 1. The van der Waals surface area contributed by atoms with E-state index in [0.717, 1.165) is 24.5 Å². The molecule has 0 bridgehead atoms. The summed E-state index contributed by atoms with van der Waals surface area (Å²) in [6.07, 6.45) is 1.63. The van der Waals surface area contributed by atoms with Gasteiger partial charge in [-0.3, -0.25) is 4.99 Å². The Hall–Kier alpha value is -2.78. The fourth-order valence-electron chi connectivity index (χ4n) is 3.03. The maximum Gasteiger partial charge on any atom is 0.387 e. The molecule has 2 heterocycles. The average Bonchev–Trinajstić information content (AvgIpc) is 2.99. The molecule has 0 amide bonds. The standard InChI is InChI=1S/C17H21F3N6O/c1-10-23-15-7-6-11(9-26(15)25-10)24-17(21-2)22-8-12-13(18)4-3-5-14(12)27-16(19)20/h3-5,11,16H,6-9H2,1-2H3,(H2,21,22,24). The summed E-state index contributed by atoms with van der Waals surface area (Å²) in [4.78, 5) is 8.48. The van der Waals surface area contributed by atoms with Crippen molar-refractivity contribution < 1.29 is 17.9 Å². The number of hydrogen-bond donors (Lipinski definition) is 2. The molecule has 1 unspecified atom stereocenters. The summed E-state index contributed by atoms with van der Waals surface area (Å²) in [5, 5.41) is 10.5. The zero-order valence-corrected chi connectivity index (χ0v) is 15.0. The van der Waals surface area contributed by atoms with Crippen molar-refractivity contribution in [1.82, 2.24) is 25.4 Å². The van der Waals surface area contributed by atoms with Crippen LogP contribution in [-0.2, 0) is 19.5 Å². The van der Waals surface area contributed by atoms with Crippen molar-refractivity contribution in [2.75, 3.05) is 7.05 Å². The van der Waals surface area contributed by atoms with Gasteiger partial charge in [-0.25, -0.2) is 14.1 Å². The van der Waals surface area contributed by atoms with Gasteiger partial charge in [-0.15, -0.1) is 0 Å². The second kappa shape index (κ2) is 8.28. The van der Waals surface area contributed by atoms with Gasteiger partial charge in [-0.05, 0) is 25.5 Å². The van der Waals surface area contributed by atoms with E-state index in [4.69, 9.17) is 0 Å². The van der Waals surface area contributed by atoms with Crippen LogP contribution < -0.4 is 15.4 Å². The minimum Gasteiger partial charge on any atom is -0.434 e. The predicted molar refractivity (Wildman–Crippen MR) is 93.2 cm³/mol. The van der Waals surface area contributed by atoms with Crippen molar-refractivity contribution in [2.24, 2.45) is 4.99 Å². The van der Waals surface area contributed by atoms with Crippen molar-refractivity contribution in [2.45, 2.75) is 45.5 Å². The Morgan fingerprint density at radius 2 is 2.26 bits per heavy atom. The van der Waals surface area contributed by atoms with E-state index in [1.54, 1.807) is 7.05 Å². The molecule has 7 nitrogen and oxygen atoms in total. The van der Waals surface area contributed by atoms with Crippen LogP contribution in [0.4, 0.5) is 13.2 Å². The minimum atomic E-state index is -3.02. The first-order valence-corrected chi connectivity index (χ1v) is 8.56. The van der Waals surface area contributed by atoms with Gasteiger partial charge in [0, 0.05) is 31.6 Å². The van der Waals surface area contributed by atoms with Gasteiger partial charge in [0.15, 0.2) is 5.96 Å². The van der Waals surface area contributed by atoms with Gasteiger partial charge >= 0.3 is 6.61 Å². The van der Waals surface area contributed by atoms with E-state index in [1.807, 2.05) is 11.6 Å². The van der Waals surface area contributed by atoms with Crippen LogP contribution in [0.3, 0.4) is 0 Å². The van der Waals surface area contributed by atoms with Crippen molar-refractivity contribution in [3.63, 3.8) is 0 Å². The molecule has 0 aliphatic carbocycles. The zero-order valence-electron chi connectivity index (χ0n) is 15.0. The maximum absolute atomic E-state index is 14.0. The molecule has 3 rings (SSSR count). The smallest absolute Gasteiger partial charge is 0.387 e. The van der Waals surface area contributed by atoms with E-state index < -0.39 is 12.4 Å². The lowest BCUT2D eigenvalue weighted by atomic mass is 10.1. The largest absolute Gasteiger partial charge is 0.434 e. The predicted octanol–water partition coefficient (Wildman–Crippen LogP) is 2.01. The van der Waals surface area contributed by atoms with E-state index in [1.165, 1.54) is 18.2 Å². The number of aromatic nitrogens is 3. The minimum absolute atomic E-state index is 0.0126. The highest BCUT2D eigenvalue weighted by molar-refractivity contribution is 5.80. The van der Waals surface area contributed by atoms with Gasteiger partial charge in [0.05, 0.1) is 6.54 Å². The molecule has 2 N–H and O–H groups in total. The van der Waals surface area contributed by atoms with Crippen molar-refractivity contribution >= 4 is 5.96 Å². The van der Waals surface area contributed by atoms with Gasteiger partial charge in [0.1, 0.15) is 23.2 Å². The molecule has 146 valence electrons. The topological polar surface area (TPSA) is 76.4 Å². The monoisotopic (exact) mass is 382 g/mol. The Morgan fingerprint density at radius 3 is 3.00 bits per heavy atom. The summed E-state index contributed by atoms with van der Waals surface area (Å²) in [6.45, 7) is -0.585. The summed E-state index contributed by atoms with van der Waals surface area (Å²) in [5.41, 5.74) is 0.0126. The molecule has 27 heavy (non-hydrogen) atoms. The van der Waals surface area contributed by atoms with Crippen LogP contribution in [0.5, 0.6) is 5.75 Å². The van der Waals surface area contributed by atoms with Crippen LogP contribution in [-0.4, -0.2) is 40.4 Å². The number of aliphatic imine (C=N–C) groups is 1. The van der Waals surface area contributed by atoms with Crippen LogP contribution in [0.15, 0.2) is 23.2 Å². The quantitative estimate of drug-likeness (QED) is 0.611. The number of benzene rings is 1. The van der Waals surface area contributed by atoms with Crippen molar-refractivity contribution in [3.8, 4) is 5.75 Å². The van der Waals surface area contributed by atoms with Crippen LogP contribution in [0.25, 0.3) is 0 Å². The van der Waals surface area contributed by atoms with Gasteiger partial charge < -0.3 is 15.4 Å². The summed E-state index contributed by atoms with van der Waals surface area (Å²) in [7, 11) is 1.58. The molecule has 0 saturated heterocycles. The lowest BCUT2D eigenvalue weighted by molar-refractivity contribution is -0.0506. The highest BCUT2D eigenvalue weighted by Crippen LogP contribution is 2.23. The molecule has 1 aliphatic heterocycles. The first-order chi connectivity index (χ1) is 13.0. The first kappa shape index (κ1) is 19.0. The van der Waals surface area contributed by atoms with E-state index in [-0.39, 0.29) is 23.9 Å². The number of rotatable bonds is 5. The lowest BCUT2D eigenvalue weighted by Crippen LogP contribution is -2.46. The summed E-state index contributed by atoms with van der Waals surface area (Å²) >= 11 is 0. The van der Waals surface area contributed by atoms with Gasteiger partial charge in [-0.2, -0.15) is 13.9 Å². The molecule has 2 aromatic rings. The molecule has 10 heteroatoms. The van der Waals surface area contributed by atoms with Crippen LogP contribution >= 0.6 is 0 Å². The third-order valence-electron chi connectivity index (χ3n) is 4.25. The fourth-order valence-corrected chi connectivity index (χ4v) is 3.03. The van der Waals surface area contributed by atoms with E-state index in [9.17, 15) is 13.2 Å². The first-order valence-electron chi connectivity index (χ1n) is 8.56. The molecule has 1 aromatic heterocycles. The number of nitrogens with one attached hydrogen (secondary N) is 2. The fraction of sp³-hybridized carbons (Fsp3) is 0.471. The third kappa shape index (κ3) is 4.69. The second-order valence-corrected chi connectivity index (χ2v) is 6.16. The Bertz CT molecular complexity index is 823. The SMILES string of the molecule is CN=C(NCc1c(F)cccc1OC(F)F)NC1CCc2nc(C)nn2C1. The van der Waals surface area contributed by atoms with Crippen LogP contribution in [0, 0.1) is 12.7 Å². The molecular formula is C17H21F3N6O. The molecule has 1 atom stereocenters. The van der Waals surface area contributed by atoms with E-state index >= 15 is 0 Å². The molecule has 0 spiro atoms. The number of aryl methyl sites for hydroxylation is 2. The molecule has 0 saturated carbocycles. The molecule has 0 radical (unpaired) electrons. The van der Waals surface area contributed by atoms with Crippen molar-refractivity contribution in [1.29, 1.82) is 0 Å². The third-order valence-corrected chi connectivity index (χ3v) is 4.25. The summed E-state index contributed by atoms with van der Waals surface area (Å²) < 4.78 is 45.3. The zero-order chi connectivity index (χ0) is 19.4. The van der Waals surface area contributed by atoms with E-state index in [2.05, 4.69) is 30.4 Å². The number of alkyl halides is 2. The number of nitrogens with zero attached hydrogens (tertiary/aromatic N) is 4. The molecular weight excluding hydrogens is 361 g/mol.